The lowest BCUT2D eigenvalue weighted by molar-refractivity contribution is -0.143. The third-order valence-electron chi connectivity index (χ3n) is 4.07. The van der Waals surface area contributed by atoms with Crippen molar-refractivity contribution in [3.63, 3.8) is 0 Å². The normalized spacial score (nSPS) is 14.5. The molecule has 0 atom stereocenters. The smallest absolute Gasteiger partial charge is 0.232 e. The lowest BCUT2D eigenvalue weighted by Gasteiger charge is -2.34. The van der Waals surface area contributed by atoms with E-state index in [0.29, 0.717) is 32.7 Å². The Hall–Kier alpha value is -2.37. The summed E-state index contributed by atoms with van der Waals surface area (Å²) in [6, 6.07) is 9.68. The third-order valence-corrected chi connectivity index (χ3v) is 4.07. The summed E-state index contributed by atoms with van der Waals surface area (Å²) in [6.07, 6.45) is -0.122. The minimum atomic E-state index is -0.187. The van der Waals surface area contributed by atoms with Gasteiger partial charge in [-0.05, 0) is 5.56 Å². The van der Waals surface area contributed by atoms with Crippen LogP contribution in [0.15, 0.2) is 30.3 Å². The Morgan fingerprint density at radius 3 is 2.13 bits per heavy atom. The van der Waals surface area contributed by atoms with Crippen molar-refractivity contribution >= 4 is 17.7 Å². The van der Waals surface area contributed by atoms with Crippen molar-refractivity contribution < 1.29 is 14.4 Å². The molecule has 2 rings (SSSR count). The minimum Gasteiger partial charge on any atom is -0.341 e. The monoisotopic (exact) mass is 317 g/mol. The molecule has 0 bridgehead atoms. The first-order chi connectivity index (χ1) is 11.0. The average Bonchev–Trinajstić information content (AvgIpc) is 2.55. The lowest BCUT2D eigenvalue weighted by Crippen LogP contribution is -2.50. The predicted octanol–water partition coefficient (Wildman–Crippen LogP) is 0.726. The van der Waals surface area contributed by atoms with Crippen molar-refractivity contribution in [2.24, 2.45) is 0 Å². The van der Waals surface area contributed by atoms with Crippen molar-refractivity contribution in [1.82, 2.24) is 14.7 Å². The van der Waals surface area contributed by atoms with Gasteiger partial charge in [-0.15, -0.1) is 0 Å². The fraction of sp³-hybridized carbons (Fsp3) is 0.471. The molecule has 0 N–H and O–H groups in total. The van der Waals surface area contributed by atoms with Gasteiger partial charge >= 0.3 is 0 Å². The number of nitrogens with zero attached hydrogens (tertiary/aromatic N) is 3. The molecule has 0 unspecified atom stereocenters. The highest BCUT2D eigenvalue weighted by Crippen LogP contribution is 2.07. The molecular formula is C17H23N3O3. The number of rotatable bonds is 4. The Bertz CT molecular complexity index is 566. The number of benzene rings is 1. The first-order valence-electron chi connectivity index (χ1n) is 7.78. The van der Waals surface area contributed by atoms with Gasteiger partial charge in [-0.3, -0.25) is 14.4 Å². The molecule has 0 saturated carbocycles. The van der Waals surface area contributed by atoms with Gasteiger partial charge in [0, 0.05) is 46.7 Å². The van der Waals surface area contributed by atoms with E-state index < -0.39 is 0 Å². The number of piperazine rings is 1. The molecule has 1 aromatic carbocycles. The van der Waals surface area contributed by atoms with Crippen LogP contribution in [-0.2, 0) is 20.9 Å². The van der Waals surface area contributed by atoms with Crippen LogP contribution in [0, 0.1) is 0 Å². The predicted molar refractivity (Wildman–Crippen MR) is 86.4 cm³/mol. The molecule has 0 aliphatic carbocycles. The van der Waals surface area contributed by atoms with E-state index >= 15 is 0 Å². The maximum atomic E-state index is 12.2. The fourth-order valence-corrected chi connectivity index (χ4v) is 2.59. The van der Waals surface area contributed by atoms with Gasteiger partial charge in [-0.2, -0.15) is 0 Å². The Morgan fingerprint density at radius 2 is 1.57 bits per heavy atom. The van der Waals surface area contributed by atoms with Crippen LogP contribution in [0.5, 0.6) is 0 Å². The molecular weight excluding hydrogens is 294 g/mol. The van der Waals surface area contributed by atoms with E-state index in [1.54, 1.807) is 21.7 Å². The first kappa shape index (κ1) is 17.0. The molecule has 124 valence electrons. The lowest BCUT2D eigenvalue weighted by atomic mass is 10.2. The highest BCUT2D eigenvalue weighted by atomic mass is 16.2. The molecule has 1 heterocycles. The molecule has 1 aliphatic heterocycles. The number of carbonyl (C=O) groups excluding carboxylic acids is 3. The van der Waals surface area contributed by atoms with Crippen LogP contribution >= 0.6 is 0 Å². The molecule has 1 aromatic rings. The van der Waals surface area contributed by atoms with Crippen LogP contribution in [0.4, 0.5) is 0 Å². The largest absolute Gasteiger partial charge is 0.341 e. The molecule has 1 saturated heterocycles. The van der Waals surface area contributed by atoms with Crippen LogP contribution in [-0.4, -0.2) is 65.6 Å². The van der Waals surface area contributed by atoms with Gasteiger partial charge < -0.3 is 14.7 Å². The van der Waals surface area contributed by atoms with Crippen LogP contribution < -0.4 is 0 Å². The molecule has 6 nitrogen and oxygen atoms in total. The van der Waals surface area contributed by atoms with Gasteiger partial charge in [-0.1, -0.05) is 30.3 Å². The second kappa shape index (κ2) is 7.76. The van der Waals surface area contributed by atoms with Gasteiger partial charge in [0.15, 0.2) is 0 Å². The maximum absolute atomic E-state index is 12.2. The van der Waals surface area contributed by atoms with Crippen molar-refractivity contribution in [2.45, 2.75) is 19.9 Å². The summed E-state index contributed by atoms with van der Waals surface area (Å²) in [4.78, 5) is 40.6. The van der Waals surface area contributed by atoms with Gasteiger partial charge in [0.05, 0.1) is 0 Å². The molecule has 0 spiro atoms. The molecule has 23 heavy (non-hydrogen) atoms. The zero-order valence-corrected chi connectivity index (χ0v) is 13.7. The fourth-order valence-electron chi connectivity index (χ4n) is 2.59. The van der Waals surface area contributed by atoms with Gasteiger partial charge in [0.1, 0.15) is 6.42 Å². The van der Waals surface area contributed by atoms with E-state index in [0.717, 1.165) is 5.56 Å². The summed E-state index contributed by atoms with van der Waals surface area (Å²) >= 11 is 0. The molecule has 6 heteroatoms. The van der Waals surface area contributed by atoms with Gasteiger partial charge in [0.25, 0.3) is 0 Å². The van der Waals surface area contributed by atoms with E-state index in [1.807, 2.05) is 30.3 Å². The van der Waals surface area contributed by atoms with E-state index in [4.69, 9.17) is 0 Å². The second-order valence-electron chi connectivity index (χ2n) is 5.80. The van der Waals surface area contributed by atoms with Crippen LogP contribution in [0.2, 0.25) is 0 Å². The third kappa shape index (κ3) is 4.81. The summed E-state index contributed by atoms with van der Waals surface area (Å²) in [5.41, 5.74) is 1.03. The van der Waals surface area contributed by atoms with E-state index in [2.05, 4.69) is 0 Å². The topological polar surface area (TPSA) is 60.9 Å². The van der Waals surface area contributed by atoms with Crippen LogP contribution in [0.1, 0.15) is 18.9 Å². The van der Waals surface area contributed by atoms with Gasteiger partial charge in [-0.25, -0.2) is 0 Å². The van der Waals surface area contributed by atoms with Gasteiger partial charge in [0.2, 0.25) is 17.7 Å². The summed E-state index contributed by atoms with van der Waals surface area (Å²) < 4.78 is 0. The number of carbonyl (C=O) groups is 3. The summed E-state index contributed by atoms with van der Waals surface area (Å²) in [6.45, 7) is 4.08. The van der Waals surface area contributed by atoms with E-state index in [-0.39, 0.29) is 24.1 Å². The summed E-state index contributed by atoms with van der Waals surface area (Å²) in [7, 11) is 1.70. The van der Waals surface area contributed by atoms with E-state index in [9.17, 15) is 14.4 Å². The molecule has 0 radical (unpaired) electrons. The zero-order chi connectivity index (χ0) is 16.8. The van der Waals surface area contributed by atoms with Crippen molar-refractivity contribution in [1.29, 1.82) is 0 Å². The van der Waals surface area contributed by atoms with Crippen LogP contribution in [0.3, 0.4) is 0 Å². The van der Waals surface area contributed by atoms with E-state index in [1.165, 1.54) is 6.92 Å². The molecule has 1 aliphatic rings. The average molecular weight is 317 g/mol. The Kier molecular flexibility index (Phi) is 5.73. The van der Waals surface area contributed by atoms with Crippen molar-refractivity contribution in [3.05, 3.63) is 35.9 Å². The SMILES string of the molecule is CC(=O)N1CCN(C(=O)CC(=O)N(C)Cc2ccccc2)CC1. The first-order valence-corrected chi connectivity index (χ1v) is 7.78. The zero-order valence-electron chi connectivity index (χ0n) is 13.7. The summed E-state index contributed by atoms with van der Waals surface area (Å²) in [5.74, 6) is -0.332. The van der Waals surface area contributed by atoms with Crippen molar-refractivity contribution in [2.75, 3.05) is 33.2 Å². The maximum Gasteiger partial charge on any atom is 0.232 e. The minimum absolute atomic E-state index is 0.0239. The highest BCUT2D eigenvalue weighted by Gasteiger charge is 2.24. The quantitative estimate of drug-likeness (QED) is 0.769. The van der Waals surface area contributed by atoms with Crippen LogP contribution in [0.25, 0.3) is 0 Å². The molecule has 1 fully saturated rings. The second-order valence-corrected chi connectivity index (χ2v) is 5.80. The Morgan fingerprint density at radius 1 is 1.00 bits per heavy atom. The number of hydrogen-bond donors (Lipinski definition) is 0. The Balaban J connectivity index is 1.80. The highest BCUT2D eigenvalue weighted by molar-refractivity contribution is 5.96. The standard InChI is InChI=1S/C17H23N3O3/c1-14(21)19-8-10-20(11-9-19)17(23)12-16(22)18(2)13-15-6-4-3-5-7-15/h3-7H,8-13H2,1-2H3. The number of hydrogen-bond acceptors (Lipinski definition) is 3. The van der Waals surface area contributed by atoms with Crippen molar-refractivity contribution in [3.8, 4) is 0 Å². The Labute approximate surface area is 136 Å². The molecule has 0 aromatic heterocycles. The number of amides is 3. The summed E-state index contributed by atoms with van der Waals surface area (Å²) in [5, 5.41) is 0. The molecule has 3 amide bonds.